The first kappa shape index (κ1) is 19.0. The number of carbonyl (C=O) groups excluding carboxylic acids is 3. The van der Waals surface area contributed by atoms with Crippen LogP contribution in [0.3, 0.4) is 0 Å². The maximum Gasteiger partial charge on any atom is 0.325 e. The summed E-state index contributed by atoms with van der Waals surface area (Å²) < 4.78 is 5.16. The van der Waals surface area contributed by atoms with Crippen LogP contribution in [-0.4, -0.2) is 67.5 Å². The van der Waals surface area contributed by atoms with Crippen LogP contribution in [0.1, 0.15) is 11.6 Å². The Morgan fingerprint density at radius 1 is 1.28 bits per heavy atom. The Morgan fingerprint density at radius 3 is 2.60 bits per heavy atom. The minimum absolute atomic E-state index is 0. The third kappa shape index (κ3) is 4.02. The largest absolute Gasteiger partial charge is 0.497 e. The molecule has 3 rings (SSSR count). The van der Waals surface area contributed by atoms with Gasteiger partial charge in [-0.25, -0.2) is 4.79 Å². The number of hydrogen-bond acceptors (Lipinski definition) is 5. The number of nitrogens with zero attached hydrogens (tertiary/aromatic N) is 2. The van der Waals surface area contributed by atoms with Gasteiger partial charge in [-0.15, -0.1) is 12.4 Å². The lowest BCUT2D eigenvalue weighted by molar-refractivity contribution is -0.139. The second kappa shape index (κ2) is 8.17. The number of piperazine rings is 1. The molecule has 4 amide bonds. The molecule has 2 N–H and O–H groups in total. The predicted octanol–water partition coefficient (Wildman–Crippen LogP) is 0.142. The van der Waals surface area contributed by atoms with Crippen LogP contribution >= 0.6 is 12.4 Å². The molecular weight excluding hydrogens is 348 g/mol. The lowest BCUT2D eigenvalue weighted by Gasteiger charge is -2.37. The first-order chi connectivity index (χ1) is 11.6. The minimum atomic E-state index is -0.510. The third-order valence-corrected chi connectivity index (χ3v) is 4.29. The topological polar surface area (TPSA) is 91.0 Å². The van der Waals surface area contributed by atoms with Gasteiger partial charge in [0.2, 0.25) is 5.91 Å². The number of ether oxygens (including phenoxy) is 1. The van der Waals surface area contributed by atoms with E-state index in [0.717, 1.165) is 16.2 Å². The molecule has 0 bridgehead atoms. The van der Waals surface area contributed by atoms with E-state index in [4.69, 9.17) is 4.74 Å². The van der Waals surface area contributed by atoms with Gasteiger partial charge in [0.05, 0.1) is 19.7 Å². The van der Waals surface area contributed by atoms with E-state index in [1.54, 1.807) is 12.0 Å². The molecule has 0 spiro atoms. The van der Waals surface area contributed by atoms with Crippen molar-refractivity contribution in [2.75, 3.05) is 39.8 Å². The SMILES string of the molecule is COc1ccc(C2CNCCN2C(=O)CN2C(=O)CNC2=O)cc1.Cl. The number of urea groups is 1. The van der Waals surface area contributed by atoms with Gasteiger partial charge in [-0.05, 0) is 17.7 Å². The normalized spacial score (nSPS) is 20.1. The van der Waals surface area contributed by atoms with Gasteiger partial charge in [-0.1, -0.05) is 12.1 Å². The molecule has 0 saturated carbocycles. The minimum Gasteiger partial charge on any atom is -0.497 e. The van der Waals surface area contributed by atoms with E-state index in [1.165, 1.54) is 0 Å². The summed E-state index contributed by atoms with van der Waals surface area (Å²) >= 11 is 0. The van der Waals surface area contributed by atoms with Crippen molar-refractivity contribution in [1.29, 1.82) is 0 Å². The number of nitrogens with one attached hydrogen (secondary N) is 2. The third-order valence-electron chi connectivity index (χ3n) is 4.29. The molecule has 9 heteroatoms. The highest BCUT2D eigenvalue weighted by atomic mass is 35.5. The number of imide groups is 1. The van der Waals surface area contributed by atoms with Gasteiger partial charge in [0, 0.05) is 19.6 Å². The molecule has 0 radical (unpaired) electrons. The molecule has 1 aromatic rings. The molecule has 2 fully saturated rings. The van der Waals surface area contributed by atoms with Gasteiger partial charge in [0.25, 0.3) is 5.91 Å². The summed E-state index contributed by atoms with van der Waals surface area (Å²) in [5.74, 6) is 0.145. The van der Waals surface area contributed by atoms with E-state index in [1.807, 2.05) is 24.3 Å². The predicted molar refractivity (Wildman–Crippen MR) is 92.7 cm³/mol. The van der Waals surface area contributed by atoms with Crippen LogP contribution in [0.4, 0.5) is 4.79 Å². The summed E-state index contributed by atoms with van der Waals surface area (Å²) in [6.45, 7) is 1.56. The van der Waals surface area contributed by atoms with Gasteiger partial charge in [-0.3, -0.25) is 14.5 Å². The molecule has 2 aliphatic heterocycles. The van der Waals surface area contributed by atoms with Gasteiger partial charge >= 0.3 is 6.03 Å². The summed E-state index contributed by atoms with van der Waals surface area (Å²) in [4.78, 5) is 38.6. The highest BCUT2D eigenvalue weighted by molar-refractivity contribution is 6.04. The Balaban J connectivity index is 0.00000225. The summed E-state index contributed by atoms with van der Waals surface area (Å²) in [6.07, 6.45) is 0. The van der Waals surface area contributed by atoms with Gasteiger partial charge in [0.15, 0.2) is 0 Å². The second-order valence-corrected chi connectivity index (χ2v) is 5.72. The van der Waals surface area contributed by atoms with Crippen molar-refractivity contribution < 1.29 is 19.1 Å². The monoisotopic (exact) mass is 368 g/mol. The Morgan fingerprint density at radius 2 is 2.00 bits per heavy atom. The fourth-order valence-electron chi connectivity index (χ4n) is 2.97. The van der Waals surface area contributed by atoms with E-state index in [0.29, 0.717) is 19.6 Å². The molecule has 1 unspecified atom stereocenters. The van der Waals surface area contributed by atoms with Crippen molar-refractivity contribution >= 4 is 30.3 Å². The number of halogens is 1. The van der Waals surface area contributed by atoms with E-state index in [-0.39, 0.29) is 43.4 Å². The molecule has 1 aromatic carbocycles. The van der Waals surface area contributed by atoms with E-state index in [2.05, 4.69) is 10.6 Å². The fraction of sp³-hybridized carbons (Fsp3) is 0.438. The number of methoxy groups -OCH3 is 1. The molecule has 25 heavy (non-hydrogen) atoms. The van der Waals surface area contributed by atoms with Crippen LogP contribution in [0.15, 0.2) is 24.3 Å². The van der Waals surface area contributed by atoms with E-state index in [9.17, 15) is 14.4 Å². The zero-order valence-corrected chi connectivity index (χ0v) is 14.7. The molecule has 2 saturated heterocycles. The number of benzene rings is 1. The zero-order chi connectivity index (χ0) is 17.1. The lowest BCUT2D eigenvalue weighted by atomic mass is 10.0. The van der Waals surface area contributed by atoms with Gasteiger partial charge in [-0.2, -0.15) is 0 Å². The van der Waals surface area contributed by atoms with Crippen molar-refractivity contribution in [3.8, 4) is 5.75 Å². The van der Waals surface area contributed by atoms with Crippen LogP contribution in [-0.2, 0) is 9.59 Å². The zero-order valence-electron chi connectivity index (χ0n) is 13.9. The summed E-state index contributed by atoms with van der Waals surface area (Å²) in [5, 5.41) is 5.70. The molecule has 1 atom stereocenters. The van der Waals surface area contributed by atoms with Crippen molar-refractivity contribution in [1.82, 2.24) is 20.4 Å². The highest BCUT2D eigenvalue weighted by Crippen LogP contribution is 2.24. The number of hydrogen-bond donors (Lipinski definition) is 2. The van der Waals surface area contributed by atoms with Gasteiger partial charge in [0.1, 0.15) is 12.3 Å². The van der Waals surface area contributed by atoms with E-state index >= 15 is 0 Å². The van der Waals surface area contributed by atoms with Crippen molar-refractivity contribution in [3.05, 3.63) is 29.8 Å². The first-order valence-corrected chi connectivity index (χ1v) is 7.82. The van der Waals surface area contributed by atoms with Crippen LogP contribution in [0, 0.1) is 0 Å². The average Bonchev–Trinajstić information content (AvgIpc) is 2.93. The summed E-state index contributed by atoms with van der Waals surface area (Å²) in [7, 11) is 1.60. The quantitative estimate of drug-likeness (QED) is 0.738. The highest BCUT2D eigenvalue weighted by Gasteiger charge is 2.34. The standard InChI is InChI=1S/C16H20N4O4.ClH/c1-24-12-4-2-11(3-5-12)13-8-17-6-7-19(13)15(22)10-20-14(21)9-18-16(20)23;/h2-5,13,17H,6-10H2,1H3,(H,18,23);1H. The first-order valence-electron chi connectivity index (χ1n) is 7.82. The molecule has 0 aliphatic carbocycles. The number of carbonyl (C=O) groups is 3. The Labute approximate surface area is 151 Å². The van der Waals surface area contributed by atoms with Gasteiger partial charge < -0.3 is 20.3 Å². The molecule has 8 nitrogen and oxygen atoms in total. The van der Waals surface area contributed by atoms with Crippen molar-refractivity contribution in [3.63, 3.8) is 0 Å². The van der Waals surface area contributed by atoms with Crippen LogP contribution < -0.4 is 15.4 Å². The Hall–Kier alpha value is -2.32. The lowest BCUT2D eigenvalue weighted by Crippen LogP contribution is -2.52. The second-order valence-electron chi connectivity index (χ2n) is 5.72. The summed E-state index contributed by atoms with van der Waals surface area (Å²) in [6, 6.07) is 6.89. The fourth-order valence-corrected chi connectivity index (χ4v) is 2.97. The molecular formula is C16H21ClN4O4. The van der Waals surface area contributed by atoms with Crippen molar-refractivity contribution in [2.45, 2.75) is 6.04 Å². The smallest absolute Gasteiger partial charge is 0.325 e. The molecule has 136 valence electrons. The van der Waals surface area contributed by atoms with Crippen LogP contribution in [0.25, 0.3) is 0 Å². The molecule has 2 aliphatic rings. The van der Waals surface area contributed by atoms with Crippen molar-refractivity contribution in [2.24, 2.45) is 0 Å². The van der Waals surface area contributed by atoms with Crippen LogP contribution in [0.5, 0.6) is 5.75 Å². The van der Waals surface area contributed by atoms with E-state index < -0.39 is 6.03 Å². The number of rotatable bonds is 4. The maximum absolute atomic E-state index is 12.7. The number of amides is 4. The maximum atomic E-state index is 12.7. The molecule has 0 aromatic heterocycles. The van der Waals surface area contributed by atoms with Crippen LogP contribution in [0.2, 0.25) is 0 Å². The molecule has 2 heterocycles. The summed E-state index contributed by atoms with van der Waals surface area (Å²) in [5.41, 5.74) is 0.980. The Kier molecular flexibility index (Phi) is 6.22. The Bertz CT molecular complexity index is 636. The average molecular weight is 369 g/mol.